The minimum Gasteiger partial charge on any atom is -0.465 e. The molecule has 1 aromatic carbocycles. The molecule has 0 fully saturated rings. The molecule has 0 saturated carbocycles. The van der Waals surface area contributed by atoms with Crippen LogP contribution in [0.5, 0.6) is 0 Å². The summed E-state index contributed by atoms with van der Waals surface area (Å²) in [6.45, 7) is 1.17. The fourth-order valence-corrected chi connectivity index (χ4v) is 3.93. The van der Waals surface area contributed by atoms with Crippen LogP contribution >= 0.6 is 0 Å². The number of nitrogens with zero attached hydrogens (tertiary/aromatic N) is 4. The van der Waals surface area contributed by atoms with Gasteiger partial charge in [0.25, 0.3) is 10.0 Å². The van der Waals surface area contributed by atoms with Gasteiger partial charge in [-0.2, -0.15) is 0 Å². The van der Waals surface area contributed by atoms with E-state index < -0.39 is 28.4 Å². The van der Waals surface area contributed by atoms with Gasteiger partial charge in [-0.15, -0.1) is 10.2 Å². The lowest BCUT2D eigenvalue weighted by atomic mass is 10.3. The molecule has 3 aromatic rings. The molecule has 0 amide bonds. The number of sulfonamides is 1. The molecule has 2 aromatic heterocycles. The monoisotopic (exact) mass is 378 g/mol. The Morgan fingerprint density at radius 1 is 1.27 bits per heavy atom. The zero-order chi connectivity index (χ0) is 18.7. The number of benzene rings is 1. The molecule has 0 bridgehead atoms. The molecule has 0 radical (unpaired) electrons. The van der Waals surface area contributed by atoms with Crippen molar-refractivity contribution in [2.75, 3.05) is 17.5 Å². The summed E-state index contributed by atoms with van der Waals surface area (Å²) >= 11 is 0. The molecule has 3 rings (SSSR count). The van der Waals surface area contributed by atoms with E-state index in [1.165, 1.54) is 35.0 Å². The smallest absolute Gasteiger partial charge is 0.326 e. The van der Waals surface area contributed by atoms with Crippen LogP contribution in [0.3, 0.4) is 0 Å². The van der Waals surface area contributed by atoms with Crippen molar-refractivity contribution in [3.8, 4) is 0 Å². The van der Waals surface area contributed by atoms with Gasteiger partial charge in [-0.3, -0.25) is 13.5 Å². The van der Waals surface area contributed by atoms with E-state index in [1.54, 1.807) is 13.1 Å². The van der Waals surface area contributed by atoms with Crippen LogP contribution in [0.1, 0.15) is 6.92 Å². The molecule has 0 unspecified atom stereocenters. The van der Waals surface area contributed by atoms with E-state index in [0.717, 1.165) is 16.4 Å². The number of hydrogen-bond acceptors (Lipinski definition) is 6. The van der Waals surface area contributed by atoms with Gasteiger partial charge in [0.15, 0.2) is 5.65 Å². The standard InChI is InChI=1S/C16H15FN4O4S/c1-2-25-15(22)10-21(13-7-5-12(17)6-8-13)26(23,24)14-4-3-9-20-11-18-19-16(14)20/h3-9,11H,2,10H2,1H3. The third kappa shape index (κ3) is 3.36. The number of anilines is 1. The number of carbonyl (C=O) groups is 1. The Kier molecular flexibility index (Phi) is 4.85. The third-order valence-corrected chi connectivity index (χ3v) is 5.34. The fraction of sp³-hybridized carbons (Fsp3) is 0.188. The highest BCUT2D eigenvalue weighted by molar-refractivity contribution is 7.93. The summed E-state index contributed by atoms with van der Waals surface area (Å²) in [5.74, 6) is -1.25. The second-order valence-corrected chi connectivity index (χ2v) is 7.06. The largest absolute Gasteiger partial charge is 0.465 e. The Morgan fingerprint density at radius 2 is 2.00 bits per heavy atom. The van der Waals surface area contributed by atoms with Crippen LogP contribution in [-0.2, 0) is 19.6 Å². The van der Waals surface area contributed by atoms with Gasteiger partial charge in [-0.1, -0.05) is 0 Å². The molecule has 0 atom stereocenters. The highest BCUT2D eigenvalue weighted by Crippen LogP contribution is 2.26. The second kappa shape index (κ2) is 7.08. The average Bonchev–Trinajstić information content (AvgIpc) is 3.09. The lowest BCUT2D eigenvalue weighted by molar-refractivity contribution is -0.141. The van der Waals surface area contributed by atoms with E-state index in [4.69, 9.17) is 4.74 Å². The topological polar surface area (TPSA) is 93.9 Å². The van der Waals surface area contributed by atoms with E-state index >= 15 is 0 Å². The maximum Gasteiger partial charge on any atom is 0.326 e. The maximum atomic E-state index is 13.2. The summed E-state index contributed by atoms with van der Waals surface area (Å²) in [5.41, 5.74) is 0.240. The molecule has 0 aliphatic rings. The fourth-order valence-electron chi connectivity index (χ4n) is 2.39. The van der Waals surface area contributed by atoms with Gasteiger partial charge in [0.1, 0.15) is 23.6 Å². The number of esters is 1. The Morgan fingerprint density at radius 3 is 2.69 bits per heavy atom. The van der Waals surface area contributed by atoms with Gasteiger partial charge in [-0.25, -0.2) is 12.8 Å². The molecule has 0 N–H and O–H groups in total. The quantitative estimate of drug-likeness (QED) is 0.605. The van der Waals surface area contributed by atoms with Crippen molar-refractivity contribution in [3.05, 3.63) is 54.7 Å². The number of ether oxygens (including phenoxy) is 1. The first kappa shape index (κ1) is 17.8. The summed E-state index contributed by atoms with van der Waals surface area (Å²) in [6.07, 6.45) is 2.96. The zero-order valence-corrected chi connectivity index (χ0v) is 14.6. The van der Waals surface area contributed by atoms with Crippen molar-refractivity contribution in [1.29, 1.82) is 0 Å². The van der Waals surface area contributed by atoms with Gasteiger partial charge in [0.2, 0.25) is 0 Å². The highest BCUT2D eigenvalue weighted by Gasteiger charge is 2.30. The molecule has 10 heteroatoms. The summed E-state index contributed by atoms with van der Waals surface area (Å²) < 4.78 is 46.8. The van der Waals surface area contributed by atoms with Crippen molar-refractivity contribution in [3.63, 3.8) is 0 Å². The van der Waals surface area contributed by atoms with E-state index in [2.05, 4.69) is 10.2 Å². The predicted octanol–water partition coefficient (Wildman–Crippen LogP) is 1.63. The van der Waals surface area contributed by atoms with Crippen molar-refractivity contribution in [1.82, 2.24) is 14.6 Å². The predicted molar refractivity (Wildman–Crippen MR) is 90.6 cm³/mol. The number of fused-ring (bicyclic) bond motifs is 1. The van der Waals surface area contributed by atoms with E-state index in [-0.39, 0.29) is 22.8 Å². The Hall–Kier alpha value is -3.01. The van der Waals surface area contributed by atoms with Gasteiger partial charge < -0.3 is 4.74 Å². The molecule has 26 heavy (non-hydrogen) atoms. The second-order valence-electron chi connectivity index (χ2n) is 5.23. The van der Waals surface area contributed by atoms with Gasteiger partial charge in [-0.05, 0) is 43.3 Å². The SMILES string of the molecule is CCOC(=O)CN(c1ccc(F)cc1)S(=O)(=O)c1cccn2cnnc12. The van der Waals surface area contributed by atoms with Crippen molar-refractivity contribution in [2.24, 2.45) is 0 Å². The van der Waals surface area contributed by atoms with Crippen molar-refractivity contribution >= 4 is 27.3 Å². The van der Waals surface area contributed by atoms with Gasteiger partial charge >= 0.3 is 5.97 Å². The lowest BCUT2D eigenvalue weighted by Crippen LogP contribution is -2.36. The summed E-state index contributed by atoms with van der Waals surface area (Å²) in [7, 11) is -4.19. The molecular weight excluding hydrogens is 363 g/mol. The molecular formula is C16H15FN4O4S. The minimum absolute atomic E-state index is 0.107. The lowest BCUT2D eigenvalue weighted by Gasteiger charge is -2.23. The van der Waals surface area contributed by atoms with Crippen molar-refractivity contribution in [2.45, 2.75) is 11.8 Å². The van der Waals surface area contributed by atoms with Crippen LogP contribution in [-0.4, -0.2) is 42.1 Å². The number of pyridine rings is 1. The van der Waals surface area contributed by atoms with Crippen LogP contribution < -0.4 is 4.31 Å². The normalized spacial score (nSPS) is 11.5. The first-order valence-corrected chi connectivity index (χ1v) is 9.10. The van der Waals surface area contributed by atoms with Crippen LogP contribution in [0.15, 0.2) is 53.8 Å². The molecule has 2 heterocycles. The summed E-state index contributed by atoms with van der Waals surface area (Å²) in [6, 6.07) is 7.66. The van der Waals surface area contributed by atoms with Crippen LogP contribution in [0.4, 0.5) is 10.1 Å². The zero-order valence-electron chi connectivity index (χ0n) is 13.7. The van der Waals surface area contributed by atoms with E-state index in [1.807, 2.05) is 0 Å². The van der Waals surface area contributed by atoms with E-state index in [9.17, 15) is 17.6 Å². The molecule has 0 saturated heterocycles. The van der Waals surface area contributed by atoms with Crippen LogP contribution in [0.25, 0.3) is 5.65 Å². The molecule has 0 aliphatic carbocycles. The third-order valence-electron chi connectivity index (χ3n) is 3.55. The first-order valence-electron chi connectivity index (χ1n) is 7.65. The Bertz CT molecular complexity index is 1030. The number of hydrogen-bond donors (Lipinski definition) is 0. The number of aromatic nitrogens is 3. The first-order chi connectivity index (χ1) is 12.4. The number of carbonyl (C=O) groups excluding carboxylic acids is 1. The molecule has 0 aliphatic heterocycles. The molecule has 0 spiro atoms. The molecule has 136 valence electrons. The van der Waals surface area contributed by atoms with Gasteiger partial charge in [0, 0.05) is 6.20 Å². The number of rotatable bonds is 6. The maximum absolute atomic E-state index is 13.2. The summed E-state index contributed by atoms with van der Waals surface area (Å²) in [5, 5.41) is 7.52. The van der Waals surface area contributed by atoms with Crippen LogP contribution in [0, 0.1) is 5.82 Å². The highest BCUT2D eigenvalue weighted by atomic mass is 32.2. The number of halogens is 1. The average molecular weight is 378 g/mol. The minimum atomic E-state index is -4.19. The van der Waals surface area contributed by atoms with E-state index in [0.29, 0.717) is 0 Å². The Labute approximate surface area is 148 Å². The van der Waals surface area contributed by atoms with Crippen molar-refractivity contribution < 1.29 is 22.3 Å². The van der Waals surface area contributed by atoms with Crippen LogP contribution in [0.2, 0.25) is 0 Å². The van der Waals surface area contributed by atoms with Gasteiger partial charge in [0.05, 0.1) is 12.3 Å². The summed E-state index contributed by atoms with van der Waals surface area (Å²) in [4.78, 5) is 11.8. The molecule has 8 nitrogen and oxygen atoms in total. The Balaban J connectivity index is 2.11.